The third-order valence-corrected chi connectivity index (χ3v) is 7.29. The van der Waals surface area contributed by atoms with Gasteiger partial charge in [0.05, 0.1) is 20.1 Å². The first kappa shape index (κ1) is 24.0. The van der Waals surface area contributed by atoms with E-state index >= 15 is 0 Å². The smallest absolute Gasteiger partial charge is 0.247 e. The van der Waals surface area contributed by atoms with Gasteiger partial charge in [-0.05, 0) is 42.8 Å². The van der Waals surface area contributed by atoms with Crippen LogP contribution in [-0.4, -0.2) is 29.9 Å². The number of nitrogens with one attached hydrogen (secondary N) is 1. The van der Waals surface area contributed by atoms with Crippen molar-refractivity contribution >= 4 is 23.2 Å². The van der Waals surface area contributed by atoms with Crippen LogP contribution in [0.5, 0.6) is 5.75 Å². The average Bonchev–Trinajstić information content (AvgIpc) is 3.54. The molecule has 0 bridgehead atoms. The summed E-state index contributed by atoms with van der Waals surface area (Å²) in [4.78, 5) is 30.2. The molecule has 1 aliphatic rings. The molecule has 2 aromatic carbocycles. The minimum absolute atomic E-state index is 0.0829. The van der Waals surface area contributed by atoms with E-state index in [1.54, 1.807) is 23.3 Å². The zero-order valence-corrected chi connectivity index (χ0v) is 20.6. The number of carbonyl (C=O) groups is 2. The lowest BCUT2D eigenvalue weighted by Crippen LogP contribution is -2.46. The third-order valence-electron chi connectivity index (χ3n) is 6.41. The fraction of sp³-hybridized carbons (Fsp3) is 0.357. The van der Waals surface area contributed by atoms with Crippen molar-refractivity contribution < 1.29 is 14.3 Å². The molecule has 1 heterocycles. The summed E-state index contributed by atoms with van der Waals surface area (Å²) >= 11 is 1.55. The summed E-state index contributed by atoms with van der Waals surface area (Å²) in [5.41, 5.74) is 2.80. The summed E-state index contributed by atoms with van der Waals surface area (Å²) in [6.07, 6.45) is 4.49. The number of rotatable bonds is 9. The van der Waals surface area contributed by atoms with Crippen LogP contribution in [0.2, 0.25) is 0 Å². The van der Waals surface area contributed by atoms with E-state index in [-0.39, 0.29) is 30.8 Å². The minimum atomic E-state index is -0.724. The van der Waals surface area contributed by atoms with Crippen molar-refractivity contribution in [1.29, 1.82) is 0 Å². The Morgan fingerprint density at radius 3 is 2.47 bits per heavy atom. The monoisotopic (exact) mass is 476 g/mol. The molecule has 0 saturated heterocycles. The quantitative estimate of drug-likeness (QED) is 0.448. The molecular formula is C28H32N2O3S. The molecule has 34 heavy (non-hydrogen) atoms. The van der Waals surface area contributed by atoms with Crippen LogP contribution in [0, 0.1) is 6.92 Å². The molecule has 1 unspecified atom stereocenters. The maximum atomic E-state index is 13.7. The van der Waals surface area contributed by atoms with E-state index in [1.165, 1.54) is 0 Å². The number of amides is 2. The summed E-state index contributed by atoms with van der Waals surface area (Å²) in [6, 6.07) is 18.9. The normalized spacial score (nSPS) is 14.5. The highest BCUT2D eigenvalue weighted by Crippen LogP contribution is 2.29. The lowest BCUT2D eigenvalue weighted by atomic mass is 10.0. The molecule has 2 amide bonds. The van der Waals surface area contributed by atoms with Crippen molar-refractivity contribution in [2.24, 2.45) is 0 Å². The molecule has 1 atom stereocenters. The zero-order chi connectivity index (χ0) is 23.9. The van der Waals surface area contributed by atoms with Crippen LogP contribution in [0.1, 0.15) is 53.3 Å². The molecule has 1 aromatic heterocycles. The fourth-order valence-electron chi connectivity index (χ4n) is 4.58. The van der Waals surface area contributed by atoms with Gasteiger partial charge in [-0.2, -0.15) is 0 Å². The van der Waals surface area contributed by atoms with Crippen molar-refractivity contribution in [1.82, 2.24) is 10.2 Å². The van der Waals surface area contributed by atoms with Gasteiger partial charge in [-0.25, -0.2) is 0 Å². The van der Waals surface area contributed by atoms with Gasteiger partial charge >= 0.3 is 0 Å². The molecule has 0 radical (unpaired) electrons. The molecule has 0 spiro atoms. The fourth-order valence-corrected chi connectivity index (χ4v) is 5.27. The van der Waals surface area contributed by atoms with Gasteiger partial charge in [0, 0.05) is 16.5 Å². The Labute approximate surface area is 205 Å². The second-order valence-corrected chi connectivity index (χ2v) is 9.93. The largest absolute Gasteiger partial charge is 0.496 e. The maximum Gasteiger partial charge on any atom is 0.247 e. The summed E-state index contributed by atoms with van der Waals surface area (Å²) in [5.74, 6) is 0.501. The molecule has 178 valence electrons. The predicted octanol–water partition coefficient (Wildman–Crippen LogP) is 5.44. The van der Waals surface area contributed by atoms with Gasteiger partial charge in [0.2, 0.25) is 11.8 Å². The molecule has 6 heteroatoms. The van der Waals surface area contributed by atoms with Crippen molar-refractivity contribution in [2.75, 3.05) is 7.11 Å². The summed E-state index contributed by atoms with van der Waals surface area (Å²) in [5, 5.41) is 5.21. The van der Waals surface area contributed by atoms with E-state index in [2.05, 4.69) is 5.32 Å². The van der Waals surface area contributed by atoms with Gasteiger partial charge in [-0.1, -0.05) is 66.9 Å². The SMILES string of the molecule is COc1ccccc1CN(C(=O)Cc1cccs1)C(C(=O)NC1CCCC1)c1ccc(C)cc1. The van der Waals surface area contributed by atoms with Gasteiger partial charge in [0.1, 0.15) is 11.8 Å². The van der Waals surface area contributed by atoms with Crippen LogP contribution in [0.15, 0.2) is 66.0 Å². The number of para-hydroxylation sites is 1. The van der Waals surface area contributed by atoms with Gasteiger partial charge in [0.25, 0.3) is 0 Å². The van der Waals surface area contributed by atoms with Gasteiger partial charge < -0.3 is 15.0 Å². The maximum absolute atomic E-state index is 13.7. The lowest BCUT2D eigenvalue weighted by molar-refractivity contribution is -0.141. The predicted molar refractivity (Wildman–Crippen MR) is 136 cm³/mol. The topological polar surface area (TPSA) is 58.6 Å². The molecule has 5 nitrogen and oxygen atoms in total. The summed E-state index contributed by atoms with van der Waals surface area (Å²) in [6.45, 7) is 2.30. The first-order valence-corrected chi connectivity index (χ1v) is 12.7. The van der Waals surface area contributed by atoms with Crippen molar-refractivity contribution in [2.45, 2.75) is 57.7 Å². The Balaban J connectivity index is 1.72. The third kappa shape index (κ3) is 5.86. The molecule has 4 rings (SSSR count). The highest BCUT2D eigenvalue weighted by molar-refractivity contribution is 7.10. The second kappa shape index (κ2) is 11.3. The number of nitrogens with zero attached hydrogens (tertiary/aromatic N) is 1. The minimum Gasteiger partial charge on any atom is -0.496 e. The average molecular weight is 477 g/mol. The van der Waals surface area contributed by atoms with Crippen LogP contribution < -0.4 is 10.1 Å². The standard InChI is InChI=1S/C28H32N2O3S/c1-20-13-15-21(16-14-20)27(28(32)29-23-9-4-5-10-23)30(26(31)18-24-11-7-17-34-24)19-22-8-3-6-12-25(22)33-2/h3,6-8,11-17,23,27H,4-5,9-10,18-19H2,1-2H3,(H,29,32). The highest BCUT2D eigenvalue weighted by atomic mass is 32.1. The lowest BCUT2D eigenvalue weighted by Gasteiger charge is -2.33. The van der Waals surface area contributed by atoms with Gasteiger partial charge in [-0.3, -0.25) is 9.59 Å². The van der Waals surface area contributed by atoms with E-state index in [4.69, 9.17) is 4.74 Å². The van der Waals surface area contributed by atoms with Crippen LogP contribution in [0.3, 0.4) is 0 Å². The van der Waals surface area contributed by atoms with E-state index in [1.807, 2.05) is 73.0 Å². The number of methoxy groups -OCH3 is 1. The molecule has 1 N–H and O–H groups in total. The molecule has 1 saturated carbocycles. The van der Waals surface area contributed by atoms with Crippen molar-refractivity contribution in [3.8, 4) is 5.75 Å². The molecule has 0 aliphatic heterocycles. The first-order valence-electron chi connectivity index (χ1n) is 11.9. The molecule has 3 aromatic rings. The number of aryl methyl sites for hydroxylation is 1. The van der Waals surface area contributed by atoms with Crippen LogP contribution >= 0.6 is 11.3 Å². The first-order chi connectivity index (χ1) is 16.5. The van der Waals surface area contributed by atoms with E-state index < -0.39 is 6.04 Å². The Bertz CT molecular complexity index is 1090. The number of benzene rings is 2. The van der Waals surface area contributed by atoms with Crippen molar-refractivity contribution in [3.05, 3.63) is 87.6 Å². The molecule has 1 aliphatic carbocycles. The summed E-state index contributed by atoms with van der Waals surface area (Å²) < 4.78 is 5.56. The number of hydrogen-bond acceptors (Lipinski definition) is 4. The van der Waals surface area contributed by atoms with E-state index in [0.29, 0.717) is 5.75 Å². The number of thiophene rings is 1. The Morgan fingerprint density at radius 1 is 1.06 bits per heavy atom. The van der Waals surface area contributed by atoms with Crippen LogP contribution in [0.25, 0.3) is 0 Å². The van der Waals surface area contributed by atoms with Crippen LogP contribution in [-0.2, 0) is 22.6 Å². The molecular weight excluding hydrogens is 444 g/mol. The van der Waals surface area contributed by atoms with Crippen LogP contribution in [0.4, 0.5) is 0 Å². The number of carbonyl (C=O) groups excluding carboxylic acids is 2. The Hall–Kier alpha value is -3.12. The van der Waals surface area contributed by atoms with E-state index in [9.17, 15) is 9.59 Å². The highest BCUT2D eigenvalue weighted by Gasteiger charge is 2.33. The number of hydrogen-bond donors (Lipinski definition) is 1. The second-order valence-electron chi connectivity index (χ2n) is 8.89. The van der Waals surface area contributed by atoms with Gasteiger partial charge in [-0.15, -0.1) is 11.3 Å². The molecule has 1 fully saturated rings. The Morgan fingerprint density at radius 2 is 1.79 bits per heavy atom. The van der Waals surface area contributed by atoms with Crippen molar-refractivity contribution in [3.63, 3.8) is 0 Å². The Kier molecular flexibility index (Phi) is 8.01. The zero-order valence-electron chi connectivity index (χ0n) is 19.8. The number of ether oxygens (including phenoxy) is 1. The van der Waals surface area contributed by atoms with E-state index in [0.717, 1.165) is 47.3 Å². The summed E-state index contributed by atoms with van der Waals surface area (Å²) in [7, 11) is 1.63. The van der Waals surface area contributed by atoms with Gasteiger partial charge in [0.15, 0.2) is 0 Å².